The Morgan fingerprint density at radius 1 is 0.710 bits per heavy atom. The van der Waals surface area contributed by atoms with Crippen LogP contribution in [0.5, 0.6) is 0 Å². The van der Waals surface area contributed by atoms with Crippen molar-refractivity contribution in [3.63, 3.8) is 0 Å². The first-order valence-corrected chi connectivity index (χ1v) is 13.0. The Hall–Kier alpha value is -0.940. The standard InChI is InChI=1S/C23H47NO.C3H6O3/c1-4-6-7-8-9-10-11-12-13-14-15-16-17-18-19-20-23(25)22-24(3)21-5-2;1-2(4)3(5)6/h4-22H2,1-3H3;2,4H,1H3,(H,5,6). The van der Waals surface area contributed by atoms with E-state index in [4.69, 9.17) is 10.2 Å². The maximum absolute atomic E-state index is 11.8. The van der Waals surface area contributed by atoms with Crippen molar-refractivity contribution in [1.82, 2.24) is 4.90 Å². The number of carboxylic acids is 1. The summed E-state index contributed by atoms with van der Waals surface area (Å²) in [4.78, 5) is 23.4. The SMILES string of the molecule is CC(O)C(=O)O.CCCCCCCCCCCCCCCCCC(=O)CN(C)CCC. The minimum absolute atomic E-state index is 0.422. The Morgan fingerprint density at radius 3 is 1.39 bits per heavy atom. The molecule has 0 spiro atoms. The molecule has 1 unspecified atom stereocenters. The average Bonchev–Trinajstić information content (AvgIpc) is 2.71. The van der Waals surface area contributed by atoms with E-state index in [-0.39, 0.29) is 0 Å². The van der Waals surface area contributed by atoms with Gasteiger partial charge in [0.25, 0.3) is 0 Å². The molecule has 5 nitrogen and oxygen atoms in total. The topological polar surface area (TPSA) is 77.8 Å². The fraction of sp³-hybridized carbons (Fsp3) is 0.923. The third-order valence-electron chi connectivity index (χ3n) is 5.47. The summed E-state index contributed by atoms with van der Waals surface area (Å²) < 4.78 is 0. The lowest BCUT2D eigenvalue weighted by atomic mass is 10.0. The van der Waals surface area contributed by atoms with Gasteiger partial charge in [-0.2, -0.15) is 0 Å². The van der Waals surface area contributed by atoms with Gasteiger partial charge in [-0.1, -0.05) is 104 Å². The van der Waals surface area contributed by atoms with Gasteiger partial charge in [0.05, 0.1) is 6.54 Å². The number of carboxylic acid groups (broad SMARTS) is 1. The number of Topliss-reactive ketones (excluding diaryl/α,β-unsaturated/α-hetero) is 1. The number of aliphatic hydroxyl groups is 1. The van der Waals surface area contributed by atoms with E-state index in [1.807, 2.05) is 7.05 Å². The molecule has 1 atom stereocenters. The van der Waals surface area contributed by atoms with Crippen molar-refractivity contribution in [3.8, 4) is 0 Å². The molecule has 0 aliphatic rings. The molecule has 186 valence electrons. The normalized spacial score (nSPS) is 11.8. The fourth-order valence-corrected chi connectivity index (χ4v) is 3.53. The maximum Gasteiger partial charge on any atom is 0.332 e. The van der Waals surface area contributed by atoms with Crippen LogP contribution in [-0.2, 0) is 9.59 Å². The van der Waals surface area contributed by atoms with Crippen LogP contribution in [0.15, 0.2) is 0 Å². The molecular weight excluding hydrogens is 390 g/mol. The zero-order valence-corrected chi connectivity index (χ0v) is 21.2. The van der Waals surface area contributed by atoms with Crippen LogP contribution >= 0.6 is 0 Å². The first-order valence-electron chi connectivity index (χ1n) is 13.0. The summed E-state index contributed by atoms with van der Waals surface area (Å²) in [6.45, 7) is 7.32. The molecule has 0 aliphatic heterocycles. The summed E-state index contributed by atoms with van der Waals surface area (Å²) in [6, 6.07) is 0. The van der Waals surface area contributed by atoms with Crippen molar-refractivity contribution in [3.05, 3.63) is 0 Å². The summed E-state index contributed by atoms with van der Waals surface area (Å²) in [6.07, 6.45) is 21.4. The van der Waals surface area contributed by atoms with E-state index >= 15 is 0 Å². The number of rotatable bonds is 21. The van der Waals surface area contributed by atoms with Gasteiger partial charge in [0, 0.05) is 6.42 Å². The molecule has 5 heteroatoms. The largest absolute Gasteiger partial charge is 0.479 e. The van der Waals surface area contributed by atoms with Gasteiger partial charge in [0.2, 0.25) is 0 Å². The van der Waals surface area contributed by atoms with Crippen LogP contribution in [0.3, 0.4) is 0 Å². The van der Waals surface area contributed by atoms with Crippen molar-refractivity contribution in [2.24, 2.45) is 0 Å². The number of aliphatic carboxylic acids is 1. The van der Waals surface area contributed by atoms with Crippen molar-refractivity contribution < 1.29 is 19.8 Å². The minimum Gasteiger partial charge on any atom is -0.479 e. The van der Waals surface area contributed by atoms with E-state index in [1.165, 1.54) is 96.8 Å². The van der Waals surface area contributed by atoms with Crippen LogP contribution in [-0.4, -0.2) is 53.1 Å². The van der Waals surface area contributed by atoms with Gasteiger partial charge in [-0.25, -0.2) is 4.79 Å². The fourth-order valence-electron chi connectivity index (χ4n) is 3.53. The quantitative estimate of drug-likeness (QED) is 0.195. The highest BCUT2D eigenvalue weighted by Gasteiger charge is 2.05. The highest BCUT2D eigenvalue weighted by atomic mass is 16.4. The molecule has 0 amide bonds. The summed E-state index contributed by atoms with van der Waals surface area (Å²) in [5.41, 5.74) is 0. The Balaban J connectivity index is 0. The number of aliphatic hydroxyl groups excluding tert-OH is 1. The van der Waals surface area contributed by atoms with Crippen LogP contribution in [0.2, 0.25) is 0 Å². The van der Waals surface area contributed by atoms with Crippen LogP contribution in [0, 0.1) is 0 Å². The third kappa shape index (κ3) is 29.1. The van der Waals surface area contributed by atoms with Crippen LogP contribution in [0.1, 0.15) is 130 Å². The number of hydrogen-bond donors (Lipinski definition) is 2. The van der Waals surface area contributed by atoms with E-state index < -0.39 is 12.1 Å². The molecular formula is C26H53NO4. The van der Waals surface area contributed by atoms with Crippen LogP contribution < -0.4 is 0 Å². The number of carbonyl (C=O) groups is 2. The Morgan fingerprint density at radius 2 is 1.06 bits per heavy atom. The van der Waals surface area contributed by atoms with Crippen LogP contribution in [0.25, 0.3) is 0 Å². The Labute approximate surface area is 193 Å². The van der Waals surface area contributed by atoms with Gasteiger partial charge >= 0.3 is 5.97 Å². The average molecular weight is 444 g/mol. The number of unbranched alkanes of at least 4 members (excludes halogenated alkanes) is 14. The van der Waals surface area contributed by atoms with Crippen LogP contribution in [0.4, 0.5) is 0 Å². The lowest BCUT2D eigenvalue weighted by Crippen LogP contribution is -2.26. The number of ketones is 1. The number of hydrogen-bond acceptors (Lipinski definition) is 4. The van der Waals surface area contributed by atoms with Crippen molar-refractivity contribution in [2.75, 3.05) is 20.1 Å². The second-order valence-electron chi connectivity index (χ2n) is 8.99. The molecule has 0 aromatic carbocycles. The predicted octanol–water partition coefficient (Wildman–Crippen LogP) is 6.61. The molecule has 0 bridgehead atoms. The molecule has 0 radical (unpaired) electrons. The Kier molecular flexibility index (Phi) is 26.3. The summed E-state index contributed by atoms with van der Waals surface area (Å²) in [7, 11) is 2.05. The van der Waals surface area contributed by atoms with Crippen molar-refractivity contribution in [1.29, 1.82) is 0 Å². The molecule has 0 aromatic rings. The molecule has 31 heavy (non-hydrogen) atoms. The van der Waals surface area contributed by atoms with E-state index in [0.717, 1.165) is 25.8 Å². The lowest BCUT2D eigenvalue weighted by Gasteiger charge is -2.13. The number of carbonyl (C=O) groups excluding carboxylic acids is 1. The smallest absolute Gasteiger partial charge is 0.332 e. The first kappa shape index (κ1) is 32.2. The highest BCUT2D eigenvalue weighted by molar-refractivity contribution is 5.80. The predicted molar refractivity (Wildman–Crippen MR) is 132 cm³/mol. The lowest BCUT2D eigenvalue weighted by molar-refractivity contribution is -0.145. The van der Waals surface area contributed by atoms with Gasteiger partial charge in [0.15, 0.2) is 0 Å². The van der Waals surface area contributed by atoms with Gasteiger partial charge < -0.3 is 10.2 Å². The number of likely N-dealkylation sites (N-methyl/N-ethyl adjacent to an activating group) is 1. The summed E-state index contributed by atoms with van der Waals surface area (Å²) in [5, 5.41) is 15.8. The summed E-state index contributed by atoms with van der Waals surface area (Å²) in [5.74, 6) is -0.763. The second-order valence-corrected chi connectivity index (χ2v) is 8.99. The van der Waals surface area contributed by atoms with Gasteiger partial charge in [-0.3, -0.25) is 9.69 Å². The van der Waals surface area contributed by atoms with E-state index in [9.17, 15) is 9.59 Å². The van der Waals surface area contributed by atoms with Crippen molar-refractivity contribution >= 4 is 11.8 Å². The minimum atomic E-state index is -1.23. The highest BCUT2D eigenvalue weighted by Crippen LogP contribution is 2.13. The van der Waals surface area contributed by atoms with E-state index in [2.05, 4.69) is 18.7 Å². The van der Waals surface area contributed by atoms with E-state index in [0.29, 0.717) is 12.3 Å². The van der Waals surface area contributed by atoms with Gasteiger partial charge in [0.1, 0.15) is 11.9 Å². The second kappa shape index (κ2) is 25.3. The van der Waals surface area contributed by atoms with E-state index in [1.54, 1.807) is 0 Å². The number of nitrogens with zero attached hydrogens (tertiary/aromatic N) is 1. The third-order valence-corrected chi connectivity index (χ3v) is 5.47. The van der Waals surface area contributed by atoms with Crippen molar-refractivity contribution in [2.45, 2.75) is 136 Å². The molecule has 0 saturated heterocycles. The Bertz CT molecular complexity index is 399. The molecule has 0 saturated carbocycles. The maximum atomic E-state index is 11.8. The molecule has 2 N–H and O–H groups in total. The monoisotopic (exact) mass is 443 g/mol. The first-order chi connectivity index (χ1) is 14.8. The molecule has 0 heterocycles. The zero-order valence-electron chi connectivity index (χ0n) is 21.2. The molecule has 0 fully saturated rings. The molecule has 0 aromatic heterocycles. The van der Waals surface area contributed by atoms with Gasteiger partial charge in [-0.15, -0.1) is 0 Å². The molecule has 0 rings (SSSR count). The van der Waals surface area contributed by atoms with Gasteiger partial charge in [-0.05, 0) is 33.4 Å². The molecule has 0 aliphatic carbocycles. The zero-order chi connectivity index (χ0) is 23.7. The summed E-state index contributed by atoms with van der Waals surface area (Å²) >= 11 is 0.